The average molecular weight is 334 g/mol. The van der Waals surface area contributed by atoms with Crippen molar-refractivity contribution in [2.45, 2.75) is 39.2 Å². The smallest absolute Gasteiger partial charge is 0.169 e. The number of rotatable bonds is 6. The molecular weight excluding hydrogens is 312 g/mol. The van der Waals surface area contributed by atoms with E-state index in [1.165, 1.54) is 0 Å². The minimum atomic E-state index is -0.0358. The summed E-state index contributed by atoms with van der Waals surface area (Å²) in [6.45, 7) is 4.38. The Bertz CT molecular complexity index is 908. The second-order valence-electron chi connectivity index (χ2n) is 7.01. The van der Waals surface area contributed by atoms with Crippen molar-refractivity contribution in [2.24, 2.45) is 5.92 Å². The van der Waals surface area contributed by atoms with Gasteiger partial charge in [-0.15, -0.1) is 0 Å². The van der Waals surface area contributed by atoms with Crippen LogP contribution in [0.2, 0.25) is 0 Å². The highest BCUT2D eigenvalue weighted by Gasteiger charge is 2.31. The van der Waals surface area contributed by atoms with Crippen molar-refractivity contribution in [3.8, 4) is 5.75 Å². The van der Waals surface area contributed by atoms with Gasteiger partial charge in [-0.3, -0.25) is 4.79 Å². The quantitative estimate of drug-likeness (QED) is 0.617. The SMILES string of the molecule is CC(C)C(=O)c1cnn2c(C3CC3)c(OCc3ccccc3)ccc12. The van der Waals surface area contributed by atoms with E-state index in [0.717, 1.165) is 35.4 Å². The van der Waals surface area contributed by atoms with Crippen molar-refractivity contribution >= 4 is 11.3 Å². The van der Waals surface area contributed by atoms with Gasteiger partial charge in [0, 0.05) is 11.8 Å². The lowest BCUT2D eigenvalue weighted by Crippen LogP contribution is -2.08. The first-order chi connectivity index (χ1) is 12.1. The van der Waals surface area contributed by atoms with Crippen LogP contribution in [0.1, 0.15) is 54.2 Å². The summed E-state index contributed by atoms with van der Waals surface area (Å²) in [5, 5.41) is 4.51. The molecule has 4 nitrogen and oxygen atoms in total. The molecule has 2 heterocycles. The molecule has 1 fully saturated rings. The van der Waals surface area contributed by atoms with E-state index in [-0.39, 0.29) is 11.7 Å². The van der Waals surface area contributed by atoms with Crippen LogP contribution in [0.3, 0.4) is 0 Å². The standard InChI is InChI=1S/C21H22N2O2/c1-14(2)21(24)17-12-22-23-18(17)10-11-19(20(23)16-8-9-16)25-13-15-6-4-3-5-7-15/h3-7,10-12,14,16H,8-9,13H2,1-2H3. The molecule has 1 saturated carbocycles. The van der Waals surface area contributed by atoms with Crippen molar-refractivity contribution in [3.63, 3.8) is 0 Å². The Balaban J connectivity index is 1.71. The van der Waals surface area contributed by atoms with E-state index in [9.17, 15) is 4.79 Å². The van der Waals surface area contributed by atoms with Crippen LogP contribution in [0.25, 0.3) is 5.52 Å². The van der Waals surface area contributed by atoms with Crippen LogP contribution in [0.15, 0.2) is 48.7 Å². The highest BCUT2D eigenvalue weighted by Crippen LogP contribution is 2.44. The van der Waals surface area contributed by atoms with Crippen molar-refractivity contribution in [2.75, 3.05) is 0 Å². The van der Waals surface area contributed by atoms with Crippen LogP contribution in [0, 0.1) is 5.92 Å². The summed E-state index contributed by atoms with van der Waals surface area (Å²) in [5.41, 5.74) is 3.82. The molecule has 0 saturated heterocycles. The Morgan fingerprint density at radius 3 is 2.64 bits per heavy atom. The molecular formula is C21H22N2O2. The molecule has 25 heavy (non-hydrogen) atoms. The van der Waals surface area contributed by atoms with E-state index in [1.807, 2.05) is 48.7 Å². The summed E-state index contributed by atoms with van der Waals surface area (Å²) in [4.78, 5) is 12.4. The maximum Gasteiger partial charge on any atom is 0.169 e. The number of pyridine rings is 1. The molecule has 0 amide bonds. The van der Waals surface area contributed by atoms with E-state index < -0.39 is 0 Å². The molecule has 0 aliphatic heterocycles. The zero-order valence-electron chi connectivity index (χ0n) is 14.6. The van der Waals surface area contributed by atoms with Crippen LogP contribution < -0.4 is 4.74 Å². The first-order valence-electron chi connectivity index (χ1n) is 8.86. The molecule has 0 bridgehead atoms. The van der Waals surface area contributed by atoms with Crippen molar-refractivity contribution in [3.05, 3.63) is 65.5 Å². The van der Waals surface area contributed by atoms with Gasteiger partial charge >= 0.3 is 0 Å². The number of carbonyl (C=O) groups is 1. The lowest BCUT2D eigenvalue weighted by Gasteiger charge is -2.13. The maximum atomic E-state index is 12.4. The number of hydrogen-bond acceptors (Lipinski definition) is 3. The number of ether oxygens (including phenoxy) is 1. The van der Waals surface area contributed by atoms with Gasteiger partial charge in [0.05, 0.1) is 23.0 Å². The molecule has 0 N–H and O–H groups in total. The molecule has 4 heteroatoms. The lowest BCUT2D eigenvalue weighted by atomic mass is 10.0. The third-order valence-electron chi connectivity index (χ3n) is 4.67. The molecule has 3 aromatic rings. The van der Waals surface area contributed by atoms with Gasteiger partial charge in [-0.05, 0) is 30.5 Å². The van der Waals surface area contributed by atoms with Crippen molar-refractivity contribution in [1.82, 2.24) is 9.61 Å². The zero-order valence-corrected chi connectivity index (χ0v) is 14.6. The van der Waals surface area contributed by atoms with Gasteiger partial charge in [0.25, 0.3) is 0 Å². The highest BCUT2D eigenvalue weighted by atomic mass is 16.5. The number of nitrogens with zero attached hydrogens (tertiary/aromatic N) is 2. The normalized spacial score (nSPS) is 14.2. The number of benzene rings is 1. The first-order valence-corrected chi connectivity index (χ1v) is 8.86. The summed E-state index contributed by atoms with van der Waals surface area (Å²) in [5.74, 6) is 1.43. The number of carbonyl (C=O) groups excluding carboxylic acids is 1. The van der Waals surface area contributed by atoms with E-state index in [4.69, 9.17) is 4.74 Å². The topological polar surface area (TPSA) is 43.6 Å². The molecule has 0 unspecified atom stereocenters. The van der Waals surface area contributed by atoms with Gasteiger partial charge in [0.1, 0.15) is 12.4 Å². The number of aromatic nitrogens is 2. The number of Topliss-reactive ketones (excluding diaryl/α,β-unsaturated/α-hetero) is 1. The molecule has 1 aliphatic rings. The average Bonchev–Trinajstić information content (AvgIpc) is 3.38. The first kappa shape index (κ1) is 15.9. The number of ketones is 1. The minimum absolute atomic E-state index is 0.0358. The van der Waals surface area contributed by atoms with Crippen LogP contribution in [0.4, 0.5) is 0 Å². The Morgan fingerprint density at radius 1 is 1.20 bits per heavy atom. The minimum Gasteiger partial charge on any atom is -0.487 e. The molecule has 0 spiro atoms. The number of fused-ring (bicyclic) bond motifs is 1. The summed E-state index contributed by atoms with van der Waals surface area (Å²) in [7, 11) is 0. The molecule has 1 aromatic carbocycles. The lowest BCUT2D eigenvalue weighted by molar-refractivity contribution is 0.0941. The third kappa shape index (κ3) is 3.04. The molecule has 2 aromatic heterocycles. The van der Waals surface area contributed by atoms with Gasteiger partial charge < -0.3 is 4.74 Å². The van der Waals surface area contributed by atoms with Crippen molar-refractivity contribution in [1.29, 1.82) is 0 Å². The van der Waals surface area contributed by atoms with Crippen LogP contribution in [-0.2, 0) is 6.61 Å². The predicted octanol–water partition coefficient (Wildman–Crippen LogP) is 4.63. The fraction of sp³-hybridized carbons (Fsp3) is 0.333. The molecule has 4 rings (SSSR count). The monoisotopic (exact) mass is 334 g/mol. The van der Waals surface area contributed by atoms with Crippen LogP contribution in [0.5, 0.6) is 5.75 Å². The van der Waals surface area contributed by atoms with Gasteiger partial charge in [-0.25, -0.2) is 4.52 Å². The second kappa shape index (κ2) is 6.36. The van der Waals surface area contributed by atoms with E-state index in [1.54, 1.807) is 6.20 Å². The van der Waals surface area contributed by atoms with Gasteiger partial charge in [0.15, 0.2) is 5.78 Å². The Labute approximate surface area is 147 Å². The summed E-state index contributed by atoms with van der Waals surface area (Å²) < 4.78 is 8.01. The maximum absolute atomic E-state index is 12.4. The van der Waals surface area contributed by atoms with Gasteiger partial charge in [-0.2, -0.15) is 5.10 Å². The van der Waals surface area contributed by atoms with E-state index in [2.05, 4.69) is 17.2 Å². The van der Waals surface area contributed by atoms with Crippen molar-refractivity contribution < 1.29 is 9.53 Å². The van der Waals surface area contributed by atoms with E-state index >= 15 is 0 Å². The highest BCUT2D eigenvalue weighted by molar-refractivity contribution is 6.03. The van der Waals surface area contributed by atoms with Crippen LogP contribution >= 0.6 is 0 Å². The van der Waals surface area contributed by atoms with Gasteiger partial charge in [0.2, 0.25) is 0 Å². The number of hydrogen-bond donors (Lipinski definition) is 0. The van der Waals surface area contributed by atoms with Gasteiger partial charge in [-0.1, -0.05) is 44.2 Å². The summed E-state index contributed by atoms with van der Waals surface area (Å²) in [6, 6.07) is 14.1. The molecule has 128 valence electrons. The second-order valence-corrected chi connectivity index (χ2v) is 7.01. The fourth-order valence-corrected chi connectivity index (χ4v) is 3.14. The molecule has 1 aliphatic carbocycles. The summed E-state index contributed by atoms with van der Waals surface area (Å²) in [6.07, 6.45) is 3.99. The third-order valence-corrected chi connectivity index (χ3v) is 4.67. The van der Waals surface area contributed by atoms with E-state index in [0.29, 0.717) is 18.1 Å². The Kier molecular flexibility index (Phi) is 4.04. The molecule has 0 radical (unpaired) electrons. The Hall–Kier alpha value is -2.62. The fourth-order valence-electron chi connectivity index (χ4n) is 3.14. The molecule has 0 atom stereocenters. The zero-order chi connectivity index (χ0) is 17.4. The largest absolute Gasteiger partial charge is 0.487 e. The van der Waals surface area contributed by atoms with Crippen LogP contribution in [-0.4, -0.2) is 15.4 Å². The predicted molar refractivity (Wildman–Crippen MR) is 97.1 cm³/mol. The summed E-state index contributed by atoms with van der Waals surface area (Å²) >= 11 is 0. The Morgan fingerprint density at radius 2 is 1.96 bits per heavy atom.